The minimum atomic E-state index is 0.285. The van der Waals surface area contributed by atoms with Crippen molar-refractivity contribution in [3.63, 3.8) is 0 Å². The summed E-state index contributed by atoms with van der Waals surface area (Å²) in [5.41, 5.74) is 9.26. The van der Waals surface area contributed by atoms with Gasteiger partial charge in [0, 0.05) is 18.4 Å². The SMILES string of the molecule is Cc1cccnc1CN(CCCCN)CC1=NC2CC=CC=C2N1. The first kappa shape index (κ1) is 16.9. The van der Waals surface area contributed by atoms with Crippen molar-refractivity contribution in [1.29, 1.82) is 0 Å². The van der Waals surface area contributed by atoms with Crippen LogP contribution in [-0.4, -0.2) is 41.4 Å². The number of fused-ring (bicyclic) bond motifs is 1. The number of hydrogen-bond acceptors (Lipinski definition) is 5. The van der Waals surface area contributed by atoms with Gasteiger partial charge < -0.3 is 11.1 Å². The zero-order chi connectivity index (χ0) is 16.8. The van der Waals surface area contributed by atoms with Gasteiger partial charge in [-0.25, -0.2) is 0 Å². The van der Waals surface area contributed by atoms with Crippen molar-refractivity contribution in [2.45, 2.75) is 38.8 Å². The van der Waals surface area contributed by atoms with Crippen molar-refractivity contribution in [1.82, 2.24) is 15.2 Å². The Balaban J connectivity index is 1.65. The van der Waals surface area contributed by atoms with Crippen LogP contribution in [0.15, 0.2) is 47.2 Å². The summed E-state index contributed by atoms with van der Waals surface area (Å²) in [5.74, 6) is 1.07. The van der Waals surface area contributed by atoms with Crippen LogP contribution in [0.5, 0.6) is 0 Å². The first-order valence-corrected chi connectivity index (χ1v) is 8.79. The fraction of sp³-hybridized carbons (Fsp3) is 0.474. The van der Waals surface area contributed by atoms with Gasteiger partial charge in [-0.1, -0.05) is 18.2 Å². The second kappa shape index (κ2) is 8.22. The Bertz CT molecular complexity index is 647. The number of nitrogens with zero attached hydrogens (tertiary/aromatic N) is 3. The van der Waals surface area contributed by atoms with Gasteiger partial charge in [-0.3, -0.25) is 14.9 Å². The zero-order valence-corrected chi connectivity index (χ0v) is 14.4. The minimum absolute atomic E-state index is 0.285. The van der Waals surface area contributed by atoms with Crippen molar-refractivity contribution < 1.29 is 0 Å². The second-order valence-corrected chi connectivity index (χ2v) is 6.48. The summed E-state index contributed by atoms with van der Waals surface area (Å²) >= 11 is 0. The number of amidine groups is 1. The normalized spacial score (nSPS) is 19.0. The topological polar surface area (TPSA) is 66.5 Å². The molecule has 0 fully saturated rings. The molecule has 2 heterocycles. The first-order valence-electron chi connectivity index (χ1n) is 8.79. The number of rotatable bonds is 8. The van der Waals surface area contributed by atoms with Crippen molar-refractivity contribution >= 4 is 5.84 Å². The molecule has 1 unspecified atom stereocenters. The molecule has 2 aliphatic rings. The number of allylic oxidation sites excluding steroid dienone is 2. The number of nitrogens with one attached hydrogen (secondary N) is 1. The third-order valence-corrected chi connectivity index (χ3v) is 4.52. The van der Waals surface area contributed by atoms with Crippen LogP contribution in [0, 0.1) is 6.92 Å². The Morgan fingerprint density at radius 1 is 1.33 bits per heavy atom. The van der Waals surface area contributed by atoms with Crippen LogP contribution in [0.3, 0.4) is 0 Å². The molecule has 5 nitrogen and oxygen atoms in total. The quantitative estimate of drug-likeness (QED) is 0.719. The van der Waals surface area contributed by atoms with E-state index in [-0.39, 0.29) is 6.04 Å². The smallest absolute Gasteiger partial charge is 0.116 e. The molecule has 0 amide bonds. The van der Waals surface area contributed by atoms with Crippen molar-refractivity contribution in [2.24, 2.45) is 10.7 Å². The van der Waals surface area contributed by atoms with Gasteiger partial charge in [0.15, 0.2) is 0 Å². The van der Waals surface area contributed by atoms with E-state index < -0.39 is 0 Å². The maximum absolute atomic E-state index is 5.65. The van der Waals surface area contributed by atoms with Gasteiger partial charge in [0.25, 0.3) is 0 Å². The molecule has 24 heavy (non-hydrogen) atoms. The van der Waals surface area contributed by atoms with E-state index in [0.717, 1.165) is 57.0 Å². The van der Waals surface area contributed by atoms with Crippen LogP contribution in [0.2, 0.25) is 0 Å². The fourth-order valence-electron chi connectivity index (χ4n) is 3.13. The number of aryl methyl sites for hydroxylation is 1. The largest absolute Gasteiger partial charge is 0.345 e. The van der Waals surface area contributed by atoms with Crippen LogP contribution in [0.1, 0.15) is 30.5 Å². The Morgan fingerprint density at radius 2 is 2.25 bits per heavy atom. The average Bonchev–Trinajstić information content (AvgIpc) is 2.99. The van der Waals surface area contributed by atoms with E-state index in [0.29, 0.717) is 0 Å². The minimum Gasteiger partial charge on any atom is -0.345 e. The summed E-state index contributed by atoms with van der Waals surface area (Å²) in [7, 11) is 0. The summed E-state index contributed by atoms with van der Waals surface area (Å²) in [6.45, 7) is 5.55. The number of hydrogen-bond donors (Lipinski definition) is 2. The van der Waals surface area contributed by atoms with E-state index in [1.54, 1.807) is 0 Å². The highest BCUT2D eigenvalue weighted by atomic mass is 15.2. The molecule has 1 aromatic heterocycles. The fourth-order valence-corrected chi connectivity index (χ4v) is 3.13. The van der Waals surface area contributed by atoms with Gasteiger partial charge in [-0.2, -0.15) is 0 Å². The summed E-state index contributed by atoms with van der Waals surface area (Å²) < 4.78 is 0. The monoisotopic (exact) mass is 325 g/mol. The van der Waals surface area contributed by atoms with Crippen LogP contribution in [0.25, 0.3) is 0 Å². The number of aromatic nitrogens is 1. The molecule has 1 aliphatic carbocycles. The van der Waals surface area contributed by atoms with Gasteiger partial charge in [-0.15, -0.1) is 0 Å². The lowest BCUT2D eigenvalue weighted by Crippen LogP contribution is -2.35. The average molecular weight is 325 g/mol. The third kappa shape index (κ3) is 4.30. The van der Waals surface area contributed by atoms with E-state index >= 15 is 0 Å². The Morgan fingerprint density at radius 3 is 3.04 bits per heavy atom. The molecule has 0 aromatic carbocycles. The predicted octanol–water partition coefficient (Wildman–Crippen LogP) is 2.15. The molecule has 1 aromatic rings. The lowest BCUT2D eigenvalue weighted by atomic mass is 10.1. The van der Waals surface area contributed by atoms with Gasteiger partial charge in [0.05, 0.1) is 18.3 Å². The number of nitrogens with two attached hydrogens (primary N) is 1. The molecule has 0 saturated heterocycles. The molecular formula is C19H27N5. The van der Waals surface area contributed by atoms with Crippen LogP contribution in [0.4, 0.5) is 0 Å². The molecule has 0 saturated carbocycles. The maximum atomic E-state index is 5.65. The van der Waals surface area contributed by atoms with Gasteiger partial charge in [0.2, 0.25) is 0 Å². The molecule has 0 spiro atoms. The van der Waals surface area contributed by atoms with Crippen LogP contribution >= 0.6 is 0 Å². The van der Waals surface area contributed by atoms with E-state index in [1.807, 2.05) is 12.3 Å². The number of pyridine rings is 1. The number of unbranched alkanes of at least 4 members (excludes halogenated alkanes) is 1. The summed E-state index contributed by atoms with van der Waals surface area (Å²) in [6.07, 6.45) is 11.4. The predicted molar refractivity (Wildman–Crippen MR) is 98.7 cm³/mol. The standard InChI is InChI=1S/C19H27N5/c1-15-7-6-11-21-18(15)13-24(12-5-4-10-20)14-19-22-16-8-2-3-9-17(16)23-19/h2-3,6-8,11,17H,4-5,9-10,12-14,20H2,1H3,(H,22,23). The van der Waals surface area contributed by atoms with Crippen molar-refractivity contribution in [3.05, 3.63) is 53.5 Å². The van der Waals surface area contributed by atoms with Crippen LogP contribution < -0.4 is 11.1 Å². The number of aliphatic imine (C=N–C) groups is 1. The van der Waals surface area contributed by atoms with E-state index in [1.165, 1.54) is 11.3 Å². The third-order valence-electron chi connectivity index (χ3n) is 4.52. The van der Waals surface area contributed by atoms with E-state index in [2.05, 4.69) is 46.4 Å². The summed E-state index contributed by atoms with van der Waals surface area (Å²) in [6, 6.07) is 4.40. The Labute approximate surface area is 144 Å². The molecule has 1 atom stereocenters. The zero-order valence-electron chi connectivity index (χ0n) is 14.4. The molecule has 3 rings (SSSR count). The van der Waals surface area contributed by atoms with Crippen molar-refractivity contribution in [3.8, 4) is 0 Å². The molecule has 0 bridgehead atoms. The summed E-state index contributed by atoms with van der Waals surface area (Å²) in [5, 5.41) is 3.49. The van der Waals surface area contributed by atoms with Gasteiger partial charge >= 0.3 is 0 Å². The maximum Gasteiger partial charge on any atom is 0.116 e. The lowest BCUT2D eigenvalue weighted by Gasteiger charge is -2.22. The molecule has 3 N–H and O–H groups in total. The lowest BCUT2D eigenvalue weighted by molar-refractivity contribution is 0.291. The van der Waals surface area contributed by atoms with Gasteiger partial charge in [-0.05, 0) is 57.0 Å². The second-order valence-electron chi connectivity index (χ2n) is 6.48. The van der Waals surface area contributed by atoms with Gasteiger partial charge in [0.1, 0.15) is 5.84 Å². The molecule has 5 heteroatoms. The molecular weight excluding hydrogens is 298 g/mol. The molecule has 1 aliphatic heterocycles. The highest BCUT2D eigenvalue weighted by molar-refractivity contribution is 5.88. The van der Waals surface area contributed by atoms with E-state index in [9.17, 15) is 0 Å². The Hall–Kier alpha value is -1.98. The summed E-state index contributed by atoms with van der Waals surface area (Å²) in [4.78, 5) is 11.8. The molecule has 0 radical (unpaired) electrons. The highest BCUT2D eigenvalue weighted by Gasteiger charge is 2.24. The van der Waals surface area contributed by atoms with E-state index in [4.69, 9.17) is 10.7 Å². The van der Waals surface area contributed by atoms with Crippen LogP contribution in [-0.2, 0) is 6.54 Å². The van der Waals surface area contributed by atoms with Crippen molar-refractivity contribution in [2.75, 3.05) is 19.6 Å². The first-order chi connectivity index (χ1) is 11.8. The molecule has 128 valence electrons. The highest BCUT2D eigenvalue weighted by Crippen LogP contribution is 2.20. The Kier molecular flexibility index (Phi) is 5.77.